The molecule has 0 aliphatic heterocycles. The van der Waals surface area contributed by atoms with Crippen molar-refractivity contribution in [3.8, 4) is 22.8 Å². The molecular formula is C12H13N3O4. The van der Waals surface area contributed by atoms with Crippen LogP contribution in [-0.2, 0) is 7.05 Å². The Hall–Kier alpha value is -2.57. The minimum Gasteiger partial charge on any atom is -0.496 e. The van der Waals surface area contributed by atoms with Crippen molar-refractivity contribution in [1.29, 1.82) is 0 Å². The molecule has 19 heavy (non-hydrogen) atoms. The van der Waals surface area contributed by atoms with Crippen molar-refractivity contribution >= 4 is 5.97 Å². The van der Waals surface area contributed by atoms with Crippen molar-refractivity contribution in [1.82, 2.24) is 15.0 Å². The van der Waals surface area contributed by atoms with Gasteiger partial charge in [-0.2, -0.15) is 0 Å². The topological polar surface area (TPSA) is 86.5 Å². The van der Waals surface area contributed by atoms with E-state index in [9.17, 15) is 9.90 Å². The molecule has 100 valence electrons. The maximum Gasteiger partial charge on any atom is 0.356 e. The van der Waals surface area contributed by atoms with Gasteiger partial charge >= 0.3 is 5.97 Å². The predicted octanol–water partition coefficient (Wildman–Crippen LogP) is 1.20. The average molecular weight is 263 g/mol. The summed E-state index contributed by atoms with van der Waals surface area (Å²) in [5, 5.41) is 16.9. The molecule has 1 heterocycles. The largest absolute Gasteiger partial charge is 0.496 e. The van der Waals surface area contributed by atoms with Gasteiger partial charge in [-0.3, -0.25) is 0 Å². The molecule has 0 aliphatic rings. The number of aromatic carboxylic acids is 1. The quantitative estimate of drug-likeness (QED) is 0.891. The van der Waals surface area contributed by atoms with Crippen LogP contribution >= 0.6 is 0 Å². The first-order chi connectivity index (χ1) is 9.10. The van der Waals surface area contributed by atoms with Crippen LogP contribution in [0.2, 0.25) is 0 Å². The molecule has 1 aromatic carbocycles. The lowest BCUT2D eigenvalue weighted by atomic mass is 10.1. The van der Waals surface area contributed by atoms with E-state index in [-0.39, 0.29) is 11.4 Å². The Morgan fingerprint density at radius 1 is 1.26 bits per heavy atom. The van der Waals surface area contributed by atoms with Crippen molar-refractivity contribution in [2.75, 3.05) is 14.2 Å². The highest BCUT2D eigenvalue weighted by Gasteiger charge is 2.24. The number of carbonyl (C=O) groups is 1. The SMILES string of the molecule is COc1cccc(OC)c1-c1nnn(C)c1C(=O)O. The minimum atomic E-state index is -1.12. The molecule has 0 saturated heterocycles. The summed E-state index contributed by atoms with van der Waals surface area (Å²) in [5.74, 6) is -0.167. The van der Waals surface area contributed by atoms with Gasteiger partial charge in [-0.25, -0.2) is 9.48 Å². The van der Waals surface area contributed by atoms with Gasteiger partial charge in [0, 0.05) is 7.05 Å². The molecule has 7 nitrogen and oxygen atoms in total. The van der Waals surface area contributed by atoms with E-state index in [4.69, 9.17) is 9.47 Å². The molecule has 0 unspecified atom stereocenters. The van der Waals surface area contributed by atoms with Gasteiger partial charge in [0.2, 0.25) is 0 Å². The van der Waals surface area contributed by atoms with Crippen molar-refractivity contribution in [3.63, 3.8) is 0 Å². The predicted molar refractivity (Wildman–Crippen MR) is 66.5 cm³/mol. The van der Waals surface area contributed by atoms with Crippen LogP contribution in [0.3, 0.4) is 0 Å². The lowest BCUT2D eigenvalue weighted by Crippen LogP contribution is -2.07. The number of benzene rings is 1. The summed E-state index contributed by atoms with van der Waals surface area (Å²) in [4.78, 5) is 11.3. The molecule has 0 atom stereocenters. The Labute approximate surface area is 109 Å². The van der Waals surface area contributed by atoms with Crippen LogP contribution in [0.25, 0.3) is 11.3 Å². The molecular weight excluding hydrogens is 250 g/mol. The van der Waals surface area contributed by atoms with Gasteiger partial charge in [-0.15, -0.1) is 5.10 Å². The van der Waals surface area contributed by atoms with E-state index in [0.29, 0.717) is 17.1 Å². The Balaban J connectivity index is 2.74. The van der Waals surface area contributed by atoms with Gasteiger partial charge in [0.25, 0.3) is 0 Å². The van der Waals surface area contributed by atoms with Gasteiger partial charge in [0.15, 0.2) is 5.69 Å². The summed E-state index contributed by atoms with van der Waals surface area (Å²) in [6, 6.07) is 5.16. The number of rotatable bonds is 4. The van der Waals surface area contributed by atoms with Gasteiger partial charge in [0.1, 0.15) is 17.2 Å². The van der Waals surface area contributed by atoms with E-state index in [0.717, 1.165) is 0 Å². The molecule has 0 aliphatic carbocycles. The molecule has 0 radical (unpaired) electrons. The third kappa shape index (κ3) is 2.10. The monoisotopic (exact) mass is 263 g/mol. The summed E-state index contributed by atoms with van der Waals surface area (Å²) in [5.41, 5.74) is 0.658. The third-order valence-corrected chi connectivity index (χ3v) is 2.69. The summed E-state index contributed by atoms with van der Waals surface area (Å²) < 4.78 is 11.7. The van der Waals surface area contributed by atoms with Crippen LogP contribution in [0.15, 0.2) is 18.2 Å². The number of nitrogens with zero attached hydrogens (tertiary/aromatic N) is 3. The second-order valence-electron chi connectivity index (χ2n) is 3.75. The normalized spacial score (nSPS) is 10.3. The van der Waals surface area contributed by atoms with Crippen LogP contribution < -0.4 is 9.47 Å². The number of ether oxygens (including phenoxy) is 2. The zero-order valence-electron chi connectivity index (χ0n) is 10.7. The van der Waals surface area contributed by atoms with Gasteiger partial charge in [-0.05, 0) is 12.1 Å². The second-order valence-corrected chi connectivity index (χ2v) is 3.75. The molecule has 0 saturated carbocycles. The Morgan fingerprint density at radius 3 is 2.32 bits per heavy atom. The second kappa shape index (κ2) is 4.97. The molecule has 0 spiro atoms. The van der Waals surface area contributed by atoms with Crippen LogP contribution in [0.5, 0.6) is 11.5 Å². The number of hydrogen-bond acceptors (Lipinski definition) is 5. The summed E-state index contributed by atoms with van der Waals surface area (Å²) in [6.45, 7) is 0. The maximum absolute atomic E-state index is 11.3. The molecule has 1 N–H and O–H groups in total. The summed E-state index contributed by atoms with van der Waals surface area (Å²) in [7, 11) is 4.51. The van der Waals surface area contributed by atoms with E-state index in [1.54, 1.807) is 18.2 Å². The first-order valence-electron chi connectivity index (χ1n) is 5.44. The Morgan fingerprint density at radius 2 is 1.84 bits per heavy atom. The zero-order chi connectivity index (χ0) is 14.0. The Bertz CT molecular complexity index is 599. The van der Waals surface area contributed by atoms with E-state index in [1.807, 2.05) is 0 Å². The van der Waals surface area contributed by atoms with Gasteiger partial charge in [-0.1, -0.05) is 11.3 Å². The van der Waals surface area contributed by atoms with Crippen LogP contribution in [0.1, 0.15) is 10.5 Å². The Kier molecular flexibility index (Phi) is 3.37. The van der Waals surface area contributed by atoms with E-state index in [2.05, 4.69) is 10.3 Å². The summed E-state index contributed by atoms with van der Waals surface area (Å²) in [6.07, 6.45) is 0. The highest BCUT2D eigenvalue weighted by molar-refractivity contribution is 5.95. The lowest BCUT2D eigenvalue weighted by Gasteiger charge is -2.11. The third-order valence-electron chi connectivity index (χ3n) is 2.69. The highest BCUT2D eigenvalue weighted by atomic mass is 16.5. The smallest absolute Gasteiger partial charge is 0.356 e. The number of carboxylic acids is 1. The van der Waals surface area contributed by atoms with E-state index >= 15 is 0 Å². The number of hydrogen-bond donors (Lipinski definition) is 1. The van der Waals surface area contributed by atoms with Gasteiger partial charge in [0.05, 0.1) is 19.8 Å². The van der Waals surface area contributed by atoms with E-state index in [1.165, 1.54) is 25.9 Å². The molecule has 0 amide bonds. The van der Waals surface area contributed by atoms with Crippen molar-refractivity contribution < 1.29 is 19.4 Å². The molecule has 0 bridgehead atoms. The molecule has 2 rings (SSSR count). The fourth-order valence-corrected chi connectivity index (χ4v) is 1.85. The fraction of sp³-hybridized carbons (Fsp3) is 0.250. The maximum atomic E-state index is 11.3. The summed E-state index contributed by atoms with van der Waals surface area (Å²) >= 11 is 0. The number of aryl methyl sites for hydroxylation is 1. The molecule has 1 aromatic heterocycles. The molecule has 7 heteroatoms. The molecule has 0 fully saturated rings. The number of carboxylic acid groups (broad SMARTS) is 1. The van der Waals surface area contributed by atoms with E-state index < -0.39 is 5.97 Å². The standard InChI is InChI=1S/C12H13N3O4/c1-15-11(12(16)17)10(13-14-15)9-7(18-2)5-4-6-8(9)19-3/h4-6H,1-3H3,(H,16,17). The number of methoxy groups -OCH3 is 2. The highest BCUT2D eigenvalue weighted by Crippen LogP contribution is 2.38. The van der Waals surface area contributed by atoms with Crippen molar-refractivity contribution in [2.45, 2.75) is 0 Å². The number of aromatic nitrogens is 3. The first-order valence-corrected chi connectivity index (χ1v) is 5.44. The lowest BCUT2D eigenvalue weighted by molar-refractivity contribution is 0.0686. The zero-order valence-corrected chi connectivity index (χ0v) is 10.7. The van der Waals surface area contributed by atoms with Gasteiger partial charge < -0.3 is 14.6 Å². The van der Waals surface area contributed by atoms with Crippen LogP contribution in [-0.4, -0.2) is 40.3 Å². The first kappa shape index (κ1) is 12.9. The van der Waals surface area contributed by atoms with Crippen molar-refractivity contribution in [3.05, 3.63) is 23.9 Å². The van der Waals surface area contributed by atoms with Crippen LogP contribution in [0, 0.1) is 0 Å². The minimum absolute atomic E-state index is 0.0252. The molecule has 2 aromatic rings. The van der Waals surface area contributed by atoms with Crippen molar-refractivity contribution in [2.24, 2.45) is 7.05 Å². The average Bonchev–Trinajstić information content (AvgIpc) is 2.79. The fourth-order valence-electron chi connectivity index (χ4n) is 1.85. The van der Waals surface area contributed by atoms with Crippen LogP contribution in [0.4, 0.5) is 0 Å².